The quantitative estimate of drug-likeness (QED) is 0.251. The van der Waals surface area contributed by atoms with Crippen molar-refractivity contribution in [3.05, 3.63) is 42.2 Å². The molecule has 0 amide bonds. The zero-order valence-corrected chi connectivity index (χ0v) is 13.2. The van der Waals surface area contributed by atoms with Gasteiger partial charge in [-0.1, -0.05) is 0 Å². The predicted molar refractivity (Wildman–Crippen MR) is 87.0 cm³/mol. The number of hydrogen-bond acceptors (Lipinski definition) is 10. The third-order valence-corrected chi connectivity index (χ3v) is 2.14. The Morgan fingerprint density at radius 3 is 1.83 bits per heavy atom. The molecular formula is C12H21ClN8O2. The second-order valence-corrected chi connectivity index (χ2v) is 4.00. The van der Waals surface area contributed by atoms with E-state index in [0.717, 1.165) is 0 Å². The van der Waals surface area contributed by atoms with Gasteiger partial charge in [-0.25, -0.2) is 25.8 Å². The van der Waals surface area contributed by atoms with Crippen molar-refractivity contribution in [2.24, 2.45) is 11.7 Å². The molecule has 128 valence electrons. The number of aromatic nitrogens is 4. The molecule has 2 rings (SSSR count). The minimum Gasteiger partial charge on any atom is -0.395 e. The molecule has 11 heteroatoms. The van der Waals surface area contributed by atoms with E-state index in [-0.39, 0.29) is 13.2 Å². The first-order valence-electron chi connectivity index (χ1n) is 6.52. The van der Waals surface area contributed by atoms with Crippen molar-refractivity contribution in [1.82, 2.24) is 25.4 Å². The van der Waals surface area contributed by atoms with Crippen molar-refractivity contribution in [3.63, 3.8) is 0 Å². The van der Waals surface area contributed by atoms with Crippen molar-refractivity contribution in [2.45, 2.75) is 0 Å². The fraction of sp³-hybridized carbons (Fsp3) is 0.333. The van der Waals surface area contributed by atoms with E-state index in [1.807, 2.05) is 0 Å². The molecule has 2 heterocycles. The minimum atomic E-state index is -0.00520. The van der Waals surface area contributed by atoms with E-state index >= 15 is 0 Å². The van der Waals surface area contributed by atoms with E-state index in [1.54, 1.807) is 36.9 Å². The Labute approximate surface area is 139 Å². The van der Waals surface area contributed by atoms with Crippen LogP contribution in [0.5, 0.6) is 0 Å². The van der Waals surface area contributed by atoms with Gasteiger partial charge in [0.1, 0.15) is 0 Å². The molecule has 0 radical (unpaired) electrons. The maximum Gasteiger partial charge on any atom is 0.239 e. The van der Waals surface area contributed by atoms with Crippen LogP contribution in [0.15, 0.2) is 36.9 Å². The van der Waals surface area contributed by atoms with Gasteiger partial charge in [0.05, 0.1) is 19.8 Å². The van der Waals surface area contributed by atoms with Gasteiger partial charge in [0.15, 0.2) is 0 Å². The summed E-state index contributed by atoms with van der Waals surface area (Å²) in [7, 11) is 0. The first-order valence-corrected chi connectivity index (χ1v) is 6.90. The van der Waals surface area contributed by atoms with Gasteiger partial charge in [-0.2, -0.15) is 0 Å². The molecule has 0 atom stereocenters. The second kappa shape index (κ2) is 15.0. The summed E-state index contributed by atoms with van der Waals surface area (Å²) in [6.07, 6.45) is 6.38. The van der Waals surface area contributed by atoms with Gasteiger partial charge in [0, 0.05) is 31.3 Å². The molecule has 0 aliphatic heterocycles. The van der Waals surface area contributed by atoms with Gasteiger partial charge >= 0.3 is 0 Å². The van der Waals surface area contributed by atoms with Crippen molar-refractivity contribution < 1.29 is 10.2 Å². The molecule has 0 unspecified atom stereocenters. The third kappa shape index (κ3) is 12.3. The lowest BCUT2D eigenvalue weighted by Crippen LogP contribution is -2.34. The van der Waals surface area contributed by atoms with Crippen molar-refractivity contribution in [1.29, 1.82) is 0 Å². The lowest BCUT2D eigenvalue weighted by Gasteiger charge is -2.13. The van der Waals surface area contributed by atoms with E-state index < -0.39 is 0 Å². The number of anilines is 1. The normalized spacial score (nSPS) is 9.09. The molecule has 0 aliphatic rings. The number of hydrogen-bond donors (Lipinski definition) is 5. The molecule has 0 saturated carbocycles. The second-order valence-electron chi connectivity index (χ2n) is 3.66. The summed E-state index contributed by atoms with van der Waals surface area (Å²) in [5.41, 5.74) is 2.27. The van der Waals surface area contributed by atoms with Crippen LogP contribution >= 0.6 is 11.6 Å². The van der Waals surface area contributed by atoms with E-state index in [9.17, 15) is 0 Å². The van der Waals surface area contributed by atoms with Gasteiger partial charge in [-0.3, -0.25) is 16.3 Å². The Kier molecular flexibility index (Phi) is 13.7. The van der Waals surface area contributed by atoms with Crippen LogP contribution in [0.2, 0.25) is 5.28 Å². The number of aliphatic hydroxyl groups is 2. The summed E-state index contributed by atoms with van der Waals surface area (Å²) in [4.78, 5) is 15.0. The zero-order chi connectivity index (χ0) is 17.3. The van der Waals surface area contributed by atoms with Crippen LogP contribution in [0.1, 0.15) is 0 Å². The molecular weight excluding hydrogens is 324 g/mol. The predicted octanol–water partition coefficient (Wildman–Crippen LogP) is -1.28. The summed E-state index contributed by atoms with van der Waals surface area (Å²) in [6.45, 7) is 0.912. The molecule has 7 N–H and O–H groups in total. The standard InChI is InChI=1S/C6H10N4O.C4H3ClN2.C2H8N2O/c7-10(4-5-11)6-8-2-1-3-9-6;5-4-6-2-1-3-7-4;3-4-1-2-5/h1-3,11H,4-5,7H2;1-3H;4-5H,1-3H2. The summed E-state index contributed by atoms with van der Waals surface area (Å²) < 4.78 is 0. The van der Waals surface area contributed by atoms with Crippen molar-refractivity contribution in [3.8, 4) is 0 Å². The molecule has 0 spiro atoms. The van der Waals surface area contributed by atoms with Crippen LogP contribution in [0.25, 0.3) is 0 Å². The first-order chi connectivity index (χ1) is 11.2. The fourth-order valence-corrected chi connectivity index (χ4v) is 1.11. The maximum absolute atomic E-state index is 8.52. The third-order valence-electron chi connectivity index (χ3n) is 1.94. The number of nitrogens with zero attached hydrogens (tertiary/aromatic N) is 5. The molecule has 0 saturated heterocycles. The average Bonchev–Trinajstić information content (AvgIpc) is 2.58. The SMILES string of the molecule is Clc1ncccn1.NN(CCO)c1ncccn1.NNCCO. The Balaban J connectivity index is 0.000000347. The molecule has 10 nitrogen and oxygen atoms in total. The molecule has 2 aromatic heterocycles. The van der Waals surface area contributed by atoms with Gasteiger partial charge in [0.2, 0.25) is 11.2 Å². The first kappa shape index (κ1) is 21.0. The summed E-state index contributed by atoms with van der Waals surface area (Å²) in [6, 6.07) is 3.42. The van der Waals surface area contributed by atoms with Crippen LogP contribution in [0.4, 0.5) is 5.95 Å². The highest BCUT2D eigenvalue weighted by atomic mass is 35.5. The van der Waals surface area contributed by atoms with Gasteiger partial charge in [-0.15, -0.1) is 0 Å². The molecule has 0 aliphatic carbocycles. The van der Waals surface area contributed by atoms with Crippen LogP contribution in [0.3, 0.4) is 0 Å². The van der Waals surface area contributed by atoms with Crippen LogP contribution < -0.4 is 22.1 Å². The monoisotopic (exact) mass is 344 g/mol. The number of aliphatic hydroxyl groups excluding tert-OH is 2. The van der Waals surface area contributed by atoms with Crippen LogP contribution in [0, 0.1) is 0 Å². The molecule has 0 aromatic carbocycles. The van der Waals surface area contributed by atoms with E-state index in [0.29, 0.717) is 24.3 Å². The number of hydrazine groups is 2. The molecule has 0 fully saturated rings. The Morgan fingerprint density at radius 1 is 1.00 bits per heavy atom. The topological polar surface area (TPSA) is 159 Å². The van der Waals surface area contributed by atoms with Gasteiger partial charge in [-0.05, 0) is 23.7 Å². The summed E-state index contributed by atoms with van der Waals surface area (Å²) >= 11 is 5.32. The van der Waals surface area contributed by atoms with Crippen LogP contribution in [-0.2, 0) is 0 Å². The lowest BCUT2D eigenvalue weighted by atomic mass is 10.6. The average molecular weight is 345 g/mol. The zero-order valence-electron chi connectivity index (χ0n) is 12.5. The molecule has 2 aromatic rings. The number of rotatable bonds is 5. The number of nitrogens with two attached hydrogens (primary N) is 2. The Hall–Kier alpha value is -1.95. The maximum atomic E-state index is 8.52. The van der Waals surface area contributed by atoms with Gasteiger partial charge in [0.25, 0.3) is 0 Å². The highest BCUT2D eigenvalue weighted by Crippen LogP contribution is 1.97. The van der Waals surface area contributed by atoms with E-state index in [4.69, 9.17) is 33.5 Å². The highest BCUT2D eigenvalue weighted by molar-refractivity contribution is 6.28. The number of nitrogens with one attached hydrogen (secondary N) is 1. The summed E-state index contributed by atoms with van der Waals surface area (Å²) in [5.74, 6) is 10.6. The van der Waals surface area contributed by atoms with Gasteiger partial charge < -0.3 is 10.2 Å². The smallest absolute Gasteiger partial charge is 0.239 e. The van der Waals surface area contributed by atoms with E-state index in [1.165, 1.54) is 5.01 Å². The van der Waals surface area contributed by atoms with Crippen LogP contribution in [-0.4, -0.2) is 56.5 Å². The Bertz CT molecular complexity index is 477. The fourth-order valence-electron chi connectivity index (χ4n) is 0.993. The largest absolute Gasteiger partial charge is 0.395 e. The van der Waals surface area contributed by atoms with Crippen molar-refractivity contribution >= 4 is 17.5 Å². The number of halogens is 1. The lowest BCUT2D eigenvalue weighted by molar-refractivity contribution is 0.293. The van der Waals surface area contributed by atoms with Crippen molar-refractivity contribution in [2.75, 3.05) is 31.3 Å². The highest BCUT2D eigenvalue weighted by Gasteiger charge is 2.00. The molecule has 23 heavy (non-hydrogen) atoms. The Morgan fingerprint density at radius 2 is 1.52 bits per heavy atom. The van der Waals surface area contributed by atoms with E-state index in [2.05, 4.69) is 25.4 Å². The minimum absolute atomic E-state index is 0.00520. The molecule has 0 bridgehead atoms. The summed E-state index contributed by atoms with van der Waals surface area (Å²) in [5, 5.41) is 18.0.